The number of Topliss-reactive ketones (excluding diaryl/α,β-unsaturated/α-hetero) is 1. The third kappa shape index (κ3) is 66.3. The van der Waals surface area contributed by atoms with E-state index in [0.717, 1.165) is 0 Å². The van der Waals surface area contributed by atoms with E-state index >= 15 is 0 Å². The molecule has 0 saturated heterocycles. The molecule has 0 aliphatic carbocycles. The molecular weight excluding hydrogens is 131 g/mol. The van der Waals surface area contributed by atoms with E-state index in [1.165, 1.54) is 0 Å². The molecule has 9 heavy (non-hydrogen) atoms. The molecule has 0 bridgehead atoms. The van der Waals surface area contributed by atoms with E-state index in [1.54, 1.807) is 13.8 Å². The minimum Gasteiger partial charge on any atom is -0.397 e. The third-order valence-corrected chi connectivity index (χ3v) is 0.498. The van der Waals surface area contributed by atoms with Crippen molar-refractivity contribution >= 4 is 23.1 Å². The topological polar surface area (TPSA) is 37.3 Å². The van der Waals surface area contributed by atoms with Crippen molar-refractivity contribution in [3.05, 3.63) is 0 Å². The molecule has 0 saturated carbocycles. The Kier molecular flexibility index (Phi) is 28.1. The van der Waals surface area contributed by atoms with Crippen molar-refractivity contribution in [3.63, 3.8) is 0 Å². The van der Waals surface area contributed by atoms with Crippen molar-refractivity contribution in [2.45, 2.75) is 27.2 Å². The Morgan fingerprint density at radius 1 is 1.44 bits per heavy atom. The lowest BCUT2D eigenvalue weighted by atomic mass is 10.4. The fourth-order valence-electron chi connectivity index (χ4n) is 0. The fraction of sp³-hybridized carbons (Fsp3) is 0.833. The standard InChI is InChI=1S/C4H8O.C2H6O.Al.3H/c1-3-4(2)5;1-2-3;;;;/h3H2,1-2H3;3H,2H2,1H3;;;;. The normalized spacial score (nSPS) is 6.22. The average molecular weight is 148 g/mol. The summed E-state index contributed by atoms with van der Waals surface area (Å²) in [5.41, 5.74) is 0. The van der Waals surface area contributed by atoms with Crippen LogP contribution in [0.4, 0.5) is 0 Å². The van der Waals surface area contributed by atoms with E-state index in [1.807, 2.05) is 6.92 Å². The number of aliphatic hydroxyl groups is 1. The van der Waals surface area contributed by atoms with Crippen LogP contribution in [0.3, 0.4) is 0 Å². The molecule has 0 aliphatic heterocycles. The molecule has 0 heterocycles. The predicted octanol–water partition coefficient (Wildman–Crippen LogP) is -0.200. The van der Waals surface area contributed by atoms with Crippen LogP contribution in [0.2, 0.25) is 0 Å². The highest BCUT2D eigenvalue weighted by atomic mass is 27.0. The highest BCUT2D eigenvalue weighted by molar-refractivity contribution is 5.75. The van der Waals surface area contributed by atoms with Crippen LogP contribution in [0, 0.1) is 0 Å². The van der Waals surface area contributed by atoms with Gasteiger partial charge in [0, 0.05) is 13.0 Å². The molecule has 0 aromatic rings. The monoisotopic (exact) mass is 148 g/mol. The second kappa shape index (κ2) is 15.7. The van der Waals surface area contributed by atoms with Crippen molar-refractivity contribution < 1.29 is 9.90 Å². The Hall–Kier alpha value is 0.162. The Bertz CT molecular complexity index is 55.0. The summed E-state index contributed by atoms with van der Waals surface area (Å²) in [6.07, 6.45) is 0.667. The van der Waals surface area contributed by atoms with Crippen molar-refractivity contribution in [2.75, 3.05) is 6.61 Å². The number of hydrogen-bond acceptors (Lipinski definition) is 2. The van der Waals surface area contributed by atoms with Crippen LogP contribution in [0.25, 0.3) is 0 Å². The quantitative estimate of drug-likeness (QED) is 0.523. The van der Waals surface area contributed by atoms with Gasteiger partial charge in [-0.2, -0.15) is 0 Å². The van der Waals surface area contributed by atoms with Gasteiger partial charge in [0.15, 0.2) is 17.4 Å². The zero-order valence-corrected chi connectivity index (χ0v) is 5.77. The maximum atomic E-state index is 9.81. The van der Waals surface area contributed by atoms with Gasteiger partial charge in [-0.15, -0.1) is 0 Å². The molecule has 0 rings (SSSR count). The molecule has 0 spiro atoms. The largest absolute Gasteiger partial charge is 0.397 e. The molecule has 0 aromatic carbocycles. The van der Waals surface area contributed by atoms with Crippen LogP contribution in [0.1, 0.15) is 27.2 Å². The van der Waals surface area contributed by atoms with E-state index < -0.39 is 0 Å². The molecule has 2 nitrogen and oxygen atoms in total. The van der Waals surface area contributed by atoms with E-state index in [-0.39, 0.29) is 29.8 Å². The maximum absolute atomic E-state index is 9.81. The van der Waals surface area contributed by atoms with Crippen molar-refractivity contribution in [1.82, 2.24) is 0 Å². The Balaban J connectivity index is -0.0000000800. The van der Waals surface area contributed by atoms with Gasteiger partial charge >= 0.3 is 0 Å². The Labute approximate surface area is 67.4 Å². The molecule has 3 heteroatoms. The summed E-state index contributed by atoms with van der Waals surface area (Å²) in [5, 5.41) is 7.57. The van der Waals surface area contributed by atoms with Gasteiger partial charge in [-0.3, -0.25) is 0 Å². The van der Waals surface area contributed by atoms with E-state index in [2.05, 4.69) is 0 Å². The smallest absolute Gasteiger partial charge is 0.187 e. The SMILES string of the molecule is CCC(C)=O.CCO.[AlH3]. The van der Waals surface area contributed by atoms with Gasteiger partial charge in [-0.25, -0.2) is 0 Å². The molecule has 0 fully saturated rings. The number of carbonyl (C=O) groups is 1. The van der Waals surface area contributed by atoms with Crippen LogP contribution < -0.4 is 0 Å². The van der Waals surface area contributed by atoms with Gasteiger partial charge in [0.05, 0.1) is 0 Å². The zero-order valence-electron chi connectivity index (χ0n) is 5.77. The lowest BCUT2D eigenvalue weighted by molar-refractivity contribution is -0.116. The van der Waals surface area contributed by atoms with E-state index in [9.17, 15) is 4.79 Å². The molecule has 56 valence electrons. The van der Waals surface area contributed by atoms with Crippen LogP contribution >= 0.6 is 0 Å². The van der Waals surface area contributed by atoms with Crippen molar-refractivity contribution in [1.29, 1.82) is 0 Å². The second-order valence-electron chi connectivity index (χ2n) is 1.37. The second-order valence-corrected chi connectivity index (χ2v) is 1.37. The Morgan fingerprint density at radius 2 is 1.56 bits per heavy atom. The summed E-state index contributed by atoms with van der Waals surface area (Å²) in [7, 11) is 0. The van der Waals surface area contributed by atoms with Gasteiger partial charge in [0.1, 0.15) is 5.78 Å². The third-order valence-electron chi connectivity index (χ3n) is 0.498. The highest BCUT2D eigenvalue weighted by Gasteiger charge is 1.76. The first-order valence-electron chi connectivity index (χ1n) is 2.79. The fourth-order valence-corrected chi connectivity index (χ4v) is 0. The summed E-state index contributed by atoms with van der Waals surface area (Å²) >= 11 is 0. The first kappa shape index (κ1) is 16.1. The summed E-state index contributed by atoms with van der Waals surface area (Å²) in [4.78, 5) is 9.81. The average Bonchev–Trinajstić information content (AvgIpc) is 1.69. The summed E-state index contributed by atoms with van der Waals surface area (Å²) < 4.78 is 0. The minimum absolute atomic E-state index is 0. The molecule has 0 atom stereocenters. The minimum atomic E-state index is 0. The van der Waals surface area contributed by atoms with Crippen LogP contribution in [0.5, 0.6) is 0 Å². The number of ketones is 1. The molecule has 0 unspecified atom stereocenters. The van der Waals surface area contributed by atoms with Crippen molar-refractivity contribution in [2.24, 2.45) is 0 Å². The van der Waals surface area contributed by atoms with Gasteiger partial charge in [-0.1, -0.05) is 6.92 Å². The van der Waals surface area contributed by atoms with Gasteiger partial charge in [0.25, 0.3) is 0 Å². The lowest BCUT2D eigenvalue weighted by Gasteiger charge is -1.71. The van der Waals surface area contributed by atoms with Gasteiger partial charge in [0.2, 0.25) is 0 Å². The van der Waals surface area contributed by atoms with Crippen molar-refractivity contribution in [3.8, 4) is 0 Å². The molecule has 0 aliphatic rings. The number of hydrogen-bond donors (Lipinski definition) is 1. The molecule has 0 aromatic heterocycles. The van der Waals surface area contributed by atoms with E-state index in [0.29, 0.717) is 6.42 Å². The summed E-state index contributed by atoms with van der Waals surface area (Å²) in [6.45, 7) is 5.36. The molecular formula is C6H17AlO2. The zero-order chi connectivity index (χ0) is 6.99. The highest BCUT2D eigenvalue weighted by Crippen LogP contribution is 1.71. The molecule has 0 amide bonds. The summed E-state index contributed by atoms with van der Waals surface area (Å²) in [6, 6.07) is 0. The van der Waals surface area contributed by atoms with Crippen LogP contribution in [-0.2, 0) is 4.79 Å². The van der Waals surface area contributed by atoms with Gasteiger partial charge < -0.3 is 9.90 Å². The predicted molar refractivity (Wildman–Crippen MR) is 43.7 cm³/mol. The lowest BCUT2D eigenvalue weighted by Crippen LogP contribution is -1.80. The van der Waals surface area contributed by atoms with Crippen LogP contribution in [0.15, 0.2) is 0 Å². The number of carbonyl (C=O) groups excluding carboxylic acids is 1. The number of aliphatic hydroxyl groups excluding tert-OH is 1. The van der Waals surface area contributed by atoms with Crippen LogP contribution in [-0.4, -0.2) is 34.9 Å². The molecule has 0 radical (unpaired) electrons. The molecule has 1 N–H and O–H groups in total. The van der Waals surface area contributed by atoms with E-state index in [4.69, 9.17) is 5.11 Å². The summed E-state index contributed by atoms with van der Waals surface area (Å²) in [5.74, 6) is 0.255. The first-order chi connectivity index (χ1) is 3.68. The first-order valence-corrected chi connectivity index (χ1v) is 2.79. The van der Waals surface area contributed by atoms with Gasteiger partial charge in [-0.05, 0) is 13.8 Å². The number of rotatable bonds is 1. The maximum Gasteiger partial charge on any atom is 0.187 e. The Morgan fingerprint density at radius 3 is 1.56 bits per heavy atom.